The number of aryl methyl sites for hydroxylation is 1. The molecule has 0 spiro atoms. The summed E-state index contributed by atoms with van der Waals surface area (Å²) in [6.45, 7) is 0. The molecule has 0 bridgehead atoms. The molecular formula is C12H15BrN4O. The average Bonchev–Trinajstić information content (AvgIpc) is 2.77. The predicted molar refractivity (Wildman–Crippen MR) is 73.1 cm³/mol. The lowest BCUT2D eigenvalue weighted by molar-refractivity contribution is 0.411. The highest BCUT2D eigenvalue weighted by Crippen LogP contribution is 2.30. The summed E-state index contributed by atoms with van der Waals surface area (Å²) in [5.74, 6) is 6.43. The Morgan fingerprint density at radius 3 is 2.72 bits per heavy atom. The second kappa shape index (κ2) is 5.51. The van der Waals surface area contributed by atoms with Gasteiger partial charge in [0, 0.05) is 18.8 Å². The molecule has 3 N–H and O–H groups in total. The topological polar surface area (TPSA) is 65.1 Å². The van der Waals surface area contributed by atoms with Gasteiger partial charge in [-0.15, -0.1) is 0 Å². The molecule has 6 heteroatoms. The van der Waals surface area contributed by atoms with Crippen LogP contribution >= 0.6 is 15.9 Å². The van der Waals surface area contributed by atoms with Gasteiger partial charge < -0.3 is 4.74 Å². The van der Waals surface area contributed by atoms with Crippen molar-refractivity contribution in [2.24, 2.45) is 12.9 Å². The third kappa shape index (κ3) is 2.55. The Kier molecular flexibility index (Phi) is 4.00. The molecule has 0 amide bonds. The largest absolute Gasteiger partial charge is 0.496 e. The van der Waals surface area contributed by atoms with E-state index in [2.05, 4.69) is 26.5 Å². The molecule has 0 radical (unpaired) electrons. The number of hydrogen-bond donors (Lipinski definition) is 2. The molecule has 18 heavy (non-hydrogen) atoms. The van der Waals surface area contributed by atoms with Crippen LogP contribution < -0.4 is 16.0 Å². The number of hydrazine groups is 1. The Hall–Kier alpha value is -1.37. The molecule has 0 fully saturated rings. The summed E-state index contributed by atoms with van der Waals surface area (Å²) >= 11 is 3.47. The number of benzene rings is 1. The molecule has 2 rings (SSSR count). The molecule has 0 saturated carbocycles. The molecule has 96 valence electrons. The number of methoxy groups -OCH3 is 1. The first-order valence-electron chi connectivity index (χ1n) is 5.44. The van der Waals surface area contributed by atoms with Gasteiger partial charge >= 0.3 is 0 Å². The Balaban J connectivity index is 2.36. The fourth-order valence-electron chi connectivity index (χ4n) is 1.84. The summed E-state index contributed by atoms with van der Waals surface area (Å²) in [5.41, 5.74) is 4.85. The van der Waals surface area contributed by atoms with Crippen molar-refractivity contribution in [2.75, 3.05) is 7.11 Å². The van der Waals surface area contributed by atoms with E-state index in [1.54, 1.807) is 18.0 Å². The van der Waals surface area contributed by atoms with Crippen LogP contribution in [0.1, 0.15) is 17.2 Å². The summed E-state index contributed by atoms with van der Waals surface area (Å²) in [4.78, 5) is 0. The van der Waals surface area contributed by atoms with Crippen molar-refractivity contribution in [3.8, 4) is 5.75 Å². The molecular weight excluding hydrogens is 296 g/mol. The van der Waals surface area contributed by atoms with Gasteiger partial charge in [-0.2, -0.15) is 5.10 Å². The minimum atomic E-state index is -0.0964. The van der Waals surface area contributed by atoms with Gasteiger partial charge in [0.15, 0.2) is 0 Å². The van der Waals surface area contributed by atoms with Crippen LogP contribution in [0.2, 0.25) is 0 Å². The lowest BCUT2D eigenvalue weighted by atomic mass is 10.0. The van der Waals surface area contributed by atoms with Crippen molar-refractivity contribution in [1.82, 2.24) is 15.2 Å². The summed E-state index contributed by atoms with van der Waals surface area (Å²) < 4.78 is 7.85. The van der Waals surface area contributed by atoms with Gasteiger partial charge in [0.1, 0.15) is 5.75 Å². The normalized spacial score (nSPS) is 12.4. The van der Waals surface area contributed by atoms with Crippen molar-refractivity contribution >= 4 is 15.9 Å². The maximum atomic E-state index is 5.63. The molecule has 0 aliphatic heterocycles. The summed E-state index contributed by atoms with van der Waals surface area (Å²) in [5, 5.41) is 4.15. The van der Waals surface area contributed by atoms with Gasteiger partial charge in [-0.1, -0.05) is 6.07 Å². The van der Waals surface area contributed by atoms with Gasteiger partial charge in [0.2, 0.25) is 0 Å². The van der Waals surface area contributed by atoms with E-state index in [0.29, 0.717) is 0 Å². The molecule has 1 atom stereocenters. The number of nitrogens with two attached hydrogens (primary N) is 1. The second-order valence-corrected chi connectivity index (χ2v) is 4.80. The molecule has 0 aliphatic carbocycles. The van der Waals surface area contributed by atoms with E-state index in [1.165, 1.54) is 0 Å². The lowest BCUT2D eigenvalue weighted by Crippen LogP contribution is -2.28. The first kappa shape index (κ1) is 13.1. The van der Waals surface area contributed by atoms with E-state index in [9.17, 15) is 0 Å². The second-order valence-electron chi connectivity index (χ2n) is 3.94. The molecule has 1 aromatic carbocycles. The quantitative estimate of drug-likeness (QED) is 0.667. The van der Waals surface area contributed by atoms with Gasteiger partial charge in [0.05, 0.1) is 23.8 Å². The molecule has 1 unspecified atom stereocenters. The molecule has 1 heterocycles. The van der Waals surface area contributed by atoms with Crippen molar-refractivity contribution < 1.29 is 4.74 Å². The number of halogens is 1. The molecule has 1 aromatic heterocycles. The van der Waals surface area contributed by atoms with E-state index in [-0.39, 0.29) is 6.04 Å². The highest BCUT2D eigenvalue weighted by atomic mass is 79.9. The zero-order valence-electron chi connectivity index (χ0n) is 10.2. The number of rotatable bonds is 4. The van der Waals surface area contributed by atoms with Gasteiger partial charge in [-0.25, -0.2) is 5.43 Å². The van der Waals surface area contributed by atoms with Crippen molar-refractivity contribution in [3.63, 3.8) is 0 Å². The standard InChI is InChI=1S/C12H15BrN4O/c1-17-7-9(6-15-17)12(16-14)8-3-4-11(18-2)10(13)5-8/h3-7,12,16H,14H2,1-2H3. The Bertz CT molecular complexity index is 541. The van der Waals surface area contributed by atoms with Gasteiger partial charge in [-0.05, 0) is 33.6 Å². The molecule has 2 aromatic rings. The van der Waals surface area contributed by atoms with Crippen LogP contribution in [0.15, 0.2) is 35.1 Å². The monoisotopic (exact) mass is 310 g/mol. The van der Waals surface area contributed by atoms with Crippen molar-refractivity contribution in [2.45, 2.75) is 6.04 Å². The van der Waals surface area contributed by atoms with Crippen LogP contribution in [0, 0.1) is 0 Å². The van der Waals surface area contributed by atoms with E-state index >= 15 is 0 Å². The van der Waals surface area contributed by atoms with Crippen LogP contribution in [-0.2, 0) is 7.05 Å². The third-order valence-electron chi connectivity index (χ3n) is 2.73. The van der Waals surface area contributed by atoms with E-state index in [1.807, 2.05) is 31.4 Å². The third-order valence-corrected chi connectivity index (χ3v) is 3.35. The number of hydrogen-bond acceptors (Lipinski definition) is 4. The molecule has 0 aliphatic rings. The zero-order valence-corrected chi connectivity index (χ0v) is 11.8. The summed E-state index contributed by atoms with van der Waals surface area (Å²) in [6, 6.07) is 5.76. The van der Waals surface area contributed by atoms with Crippen molar-refractivity contribution in [3.05, 3.63) is 46.2 Å². The van der Waals surface area contributed by atoms with E-state index in [4.69, 9.17) is 10.6 Å². The first-order valence-corrected chi connectivity index (χ1v) is 6.23. The Labute approximate surface area is 114 Å². The number of nitrogens with zero attached hydrogens (tertiary/aromatic N) is 2. The molecule has 0 saturated heterocycles. The maximum absolute atomic E-state index is 5.63. The lowest BCUT2D eigenvalue weighted by Gasteiger charge is -2.15. The average molecular weight is 311 g/mol. The highest BCUT2D eigenvalue weighted by molar-refractivity contribution is 9.10. The minimum absolute atomic E-state index is 0.0964. The Morgan fingerprint density at radius 2 is 2.22 bits per heavy atom. The van der Waals surface area contributed by atoms with Gasteiger partial charge in [-0.3, -0.25) is 10.5 Å². The Morgan fingerprint density at radius 1 is 1.44 bits per heavy atom. The SMILES string of the molecule is COc1ccc(C(NN)c2cnn(C)c2)cc1Br. The van der Waals surface area contributed by atoms with E-state index in [0.717, 1.165) is 21.3 Å². The minimum Gasteiger partial charge on any atom is -0.496 e. The highest BCUT2D eigenvalue weighted by Gasteiger charge is 2.15. The fourth-order valence-corrected chi connectivity index (χ4v) is 2.39. The van der Waals surface area contributed by atoms with E-state index < -0.39 is 0 Å². The number of ether oxygens (including phenoxy) is 1. The van der Waals surface area contributed by atoms with Crippen molar-refractivity contribution in [1.29, 1.82) is 0 Å². The molecule has 5 nitrogen and oxygen atoms in total. The zero-order chi connectivity index (χ0) is 13.1. The first-order chi connectivity index (χ1) is 8.65. The number of nitrogens with one attached hydrogen (secondary N) is 1. The van der Waals surface area contributed by atoms with Crippen LogP contribution in [0.4, 0.5) is 0 Å². The predicted octanol–water partition coefficient (Wildman–Crippen LogP) is 1.74. The van der Waals surface area contributed by atoms with Crippen LogP contribution in [0.25, 0.3) is 0 Å². The fraction of sp³-hybridized carbons (Fsp3) is 0.250. The number of aromatic nitrogens is 2. The van der Waals surface area contributed by atoms with Crippen LogP contribution in [0.3, 0.4) is 0 Å². The summed E-state index contributed by atoms with van der Waals surface area (Å²) in [7, 11) is 3.51. The maximum Gasteiger partial charge on any atom is 0.133 e. The van der Waals surface area contributed by atoms with Crippen LogP contribution in [-0.4, -0.2) is 16.9 Å². The van der Waals surface area contributed by atoms with Crippen LogP contribution in [0.5, 0.6) is 5.75 Å². The van der Waals surface area contributed by atoms with Gasteiger partial charge in [0.25, 0.3) is 0 Å². The smallest absolute Gasteiger partial charge is 0.133 e. The summed E-state index contributed by atoms with van der Waals surface area (Å²) in [6.07, 6.45) is 3.73.